The lowest BCUT2D eigenvalue weighted by molar-refractivity contribution is -0.183. The van der Waals surface area contributed by atoms with Crippen LogP contribution in [0, 0.1) is 11.8 Å². The number of carbonyl (C=O) groups excluding carboxylic acids is 1. The van der Waals surface area contributed by atoms with Gasteiger partial charge >= 0.3 is 12.1 Å². The number of carboxylic acid groups (broad SMARTS) is 1. The second-order valence-corrected chi connectivity index (χ2v) is 7.36. The molecule has 6 nitrogen and oxygen atoms in total. The van der Waals surface area contributed by atoms with Crippen molar-refractivity contribution in [3.8, 4) is 0 Å². The summed E-state index contributed by atoms with van der Waals surface area (Å²) in [5.74, 6) is -2.45. The van der Waals surface area contributed by atoms with Gasteiger partial charge in [-0.15, -0.1) is 0 Å². The van der Waals surface area contributed by atoms with E-state index in [0.717, 1.165) is 12.8 Å². The molecule has 3 rings (SSSR count). The topological polar surface area (TPSA) is 91.3 Å². The Balaban J connectivity index is 1.60. The van der Waals surface area contributed by atoms with Crippen LogP contribution >= 0.6 is 0 Å². The average Bonchev–Trinajstić information content (AvgIpc) is 3.40. The number of rotatable bonds is 6. The quantitative estimate of drug-likeness (QED) is 0.687. The number of nitrogens with one attached hydrogen (secondary N) is 2. The first kappa shape index (κ1) is 19.4. The highest BCUT2D eigenvalue weighted by atomic mass is 19.4. The second-order valence-electron chi connectivity index (χ2n) is 7.36. The number of anilines is 2. The van der Waals surface area contributed by atoms with Crippen molar-refractivity contribution >= 4 is 23.4 Å². The molecule has 0 aliphatic heterocycles. The molecule has 1 heterocycles. The molecule has 0 saturated heterocycles. The Kier molecular flexibility index (Phi) is 5.57. The zero-order chi connectivity index (χ0) is 19.6. The van der Waals surface area contributed by atoms with E-state index in [-0.39, 0.29) is 48.4 Å². The van der Waals surface area contributed by atoms with Gasteiger partial charge in [0.15, 0.2) is 0 Å². The third-order valence-corrected chi connectivity index (χ3v) is 5.11. The molecule has 1 aromatic rings. The number of amides is 1. The van der Waals surface area contributed by atoms with Crippen LogP contribution in [-0.4, -0.2) is 34.2 Å². The first-order chi connectivity index (χ1) is 12.7. The second kappa shape index (κ2) is 7.74. The van der Waals surface area contributed by atoms with Gasteiger partial charge in [-0.1, -0.05) is 0 Å². The highest BCUT2D eigenvalue weighted by Gasteiger charge is 2.41. The predicted molar refractivity (Wildman–Crippen MR) is 92.6 cm³/mol. The van der Waals surface area contributed by atoms with E-state index < -0.39 is 18.1 Å². The summed E-state index contributed by atoms with van der Waals surface area (Å²) in [6.07, 6.45) is -0.0455. The lowest BCUT2D eigenvalue weighted by Gasteiger charge is -2.29. The summed E-state index contributed by atoms with van der Waals surface area (Å²) in [5, 5.41) is 14.9. The van der Waals surface area contributed by atoms with Gasteiger partial charge in [-0.05, 0) is 50.5 Å². The van der Waals surface area contributed by atoms with E-state index in [9.17, 15) is 22.8 Å². The van der Waals surface area contributed by atoms with E-state index in [0.29, 0.717) is 18.7 Å². The molecule has 148 valence electrons. The number of aromatic carboxylic acids is 1. The van der Waals surface area contributed by atoms with Crippen molar-refractivity contribution in [1.29, 1.82) is 0 Å². The van der Waals surface area contributed by atoms with E-state index in [2.05, 4.69) is 15.6 Å². The van der Waals surface area contributed by atoms with Crippen LogP contribution in [0.5, 0.6) is 0 Å². The van der Waals surface area contributed by atoms with Gasteiger partial charge in [0, 0.05) is 18.7 Å². The van der Waals surface area contributed by atoms with Crippen molar-refractivity contribution in [3.05, 3.63) is 17.8 Å². The lowest BCUT2D eigenvalue weighted by atomic mass is 9.80. The maximum Gasteiger partial charge on any atom is 0.391 e. The first-order valence-corrected chi connectivity index (χ1v) is 9.09. The fraction of sp³-hybridized carbons (Fsp3) is 0.611. The number of carboxylic acids is 1. The molecule has 0 aromatic carbocycles. The van der Waals surface area contributed by atoms with Gasteiger partial charge in [-0.2, -0.15) is 13.2 Å². The largest absolute Gasteiger partial charge is 0.478 e. The predicted octanol–water partition coefficient (Wildman–Crippen LogP) is 4.05. The number of hydrogen-bond acceptors (Lipinski definition) is 4. The molecule has 2 fully saturated rings. The third kappa shape index (κ3) is 5.33. The van der Waals surface area contributed by atoms with Crippen molar-refractivity contribution in [3.63, 3.8) is 0 Å². The fourth-order valence-electron chi connectivity index (χ4n) is 3.37. The minimum atomic E-state index is -4.17. The van der Waals surface area contributed by atoms with Gasteiger partial charge < -0.3 is 15.7 Å². The summed E-state index contributed by atoms with van der Waals surface area (Å²) in [4.78, 5) is 27.6. The van der Waals surface area contributed by atoms with Gasteiger partial charge in [0.2, 0.25) is 5.91 Å². The van der Waals surface area contributed by atoms with Crippen LogP contribution in [0.2, 0.25) is 0 Å². The number of halogens is 3. The summed E-state index contributed by atoms with van der Waals surface area (Å²) >= 11 is 0. The molecule has 0 radical (unpaired) electrons. The average molecular weight is 385 g/mol. The highest BCUT2D eigenvalue weighted by Crippen LogP contribution is 2.40. The van der Waals surface area contributed by atoms with E-state index in [4.69, 9.17) is 5.11 Å². The number of aromatic nitrogens is 1. The Morgan fingerprint density at radius 3 is 2.37 bits per heavy atom. The Morgan fingerprint density at radius 2 is 1.81 bits per heavy atom. The molecule has 27 heavy (non-hydrogen) atoms. The molecule has 3 N–H and O–H groups in total. The highest BCUT2D eigenvalue weighted by molar-refractivity contribution is 5.96. The van der Waals surface area contributed by atoms with E-state index in [1.165, 1.54) is 12.3 Å². The van der Waals surface area contributed by atoms with Gasteiger partial charge in [0.1, 0.15) is 5.82 Å². The number of alkyl halides is 3. The standard InChI is InChI=1S/C18H22F3N3O3/c19-18(20,21)12-3-1-10(2-4-12)7-15(25)24-14-8-11(17(26)27)9-22-16(14)23-13-5-6-13/h8-10,12-13H,1-7H2,(H,22,23)(H,24,25)(H,26,27). The Bertz CT molecular complexity index is 712. The monoisotopic (exact) mass is 385 g/mol. The number of nitrogens with zero attached hydrogens (tertiary/aromatic N) is 1. The zero-order valence-corrected chi connectivity index (χ0v) is 14.7. The van der Waals surface area contributed by atoms with Crippen LogP contribution in [0.3, 0.4) is 0 Å². The van der Waals surface area contributed by atoms with Crippen molar-refractivity contribution in [1.82, 2.24) is 4.98 Å². The minimum absolute atomic E-state index is 0.0441. The van der Waals surface area contributed by atoms with Crippen LogP contribution in [-0.2, 0) is 4.79 Å². The van der Waals surface area contributed by atoms with Crippen molar-refractivity contribution < 1.29 is 27.9 Å². The van der Waals surface area contributed by atoms with Crippen molar-refractivity contribution in [2.24, 2.45) is 11.8 Å². The van der Waals surface area contributed by atoms with Crippen LogP contribution in [0.1, 0.15) is 55.3 Å². The van der Waals surface area contributed by atoms with Crippen LogP contribution in [0.15, 0.2) is 12.3 Å². The molecular weight excluding hydrogens is 363 g/mol. The minimum Gasteiger partial charge on any atom is -0.478 e. The van der Waals surface area contributed by atoms with Crippen molar-refractivity contribution in [2.75, 3.05) is 10.6 Å². The Labute approximate surface area is 154 Å². The van der Waals surface area contributed by atoms with Gasteiger partial charge in [0.05, 0.1) is 17.2 Å². The van der Waals surface area contributed by atoms with Crippen molar-refractivity contribution in [2.45, 2.75) is 57.2 Å². The maximum absolute atomic E-state index is 12.7. The zero-order valence-electron chi connectivity index (χ0n) is 14.7. The molecule has 2 aliphatic rings. The Morgan fingerprint density at radius 1 is 1.15 bits per heavy atom. The van der Waals surface area contributed by atoms with E-state index in [1.54, 1.807) is 0 Å². The number of hydrogen-bond donors (Lipinski definition) is 3. The number of pyridine rings is 1. The summed E-state index contributed by atoms with van der Waals surface area (Å²) in [6, 6.07) is 1.61. The fourth-order valence-corrected chi connectivity index (χ4v) is 3.37. The molecule has 0 spiro atoms. The molecule has 1 aromatic heterocycles. The van der Waals surface area contributed by atoms with Gasteiger partial charge in [0.25, 0.3) is 0 Å². The molecule has 0 atom stereocenters. The Hall–Kier alpha value is -2.32. The molecule has 0 unspecified atom stereocenters. The molecule has 2 saturated carbocycles. The van der Waals surface area contributed by atoms with Crippen LogP contribution in [0.25, 0.3) is 0 Å². The molecule has 0 bridgehead atoms. The summed E-state index contributed by atoms with van der Waals surface area (Å²) in [7, 11) is 0. The molecule has 9 heteroatoms. The molecule has 1 amide bonds. The summed E-state index contributed by atoms with van der Waals surface area (Å²) < 4.78 is 38.2. The van der Waals surface area contributed by atoms with E-state index >= 15 is 0 Å². The van der Waals surface area contributed by atoms with Gasteiger partial charge in [-0.25, -0.2) is 9.78 Å². The third-order valence-electron chi connectivity index (χ3n) is 5.11. The number of carbonyl (C=O) groups is 2. The molecule has 2 aliphatic carbocycles. The summed E-state index contributed by atoms with van der Waals surface area (Å²) in [5.41, 5.74) is 0.244. The van der Waals surface area contributed by atoms with E-state index in [1.807, 2.05) is 0 Å². The smallest absolute Gasteiger partial charge is 0.391 e. The summed E-state index contributed by atoms with van der Waals surface area (Å²) in [6.45, 7) is 0. The first-order valence-electron chi connectivity index (χ1n) is 9.09. The normalized spacial score (nSPS) is 22.9. The lowest BCUT2D eigenvalue weighted by Crippen LogP contribution is -2.29. The van der Waals surface area contributed by atoms with Gasteiger partial charge in [-0.3, -0.25) is 4.79 Å². The van der Waals surface area contributed by atoms with Crippen LogP contribution < -0.4 is 10.6 Å². The SMILES string of the molecule is O=C(CC1CCC(C(F)(F)F)CC1)Nc1cc(C(=O)O)cnc1NC1CC1. The molecular formula is C18H22F3N3O3. The maximum atomic E-state index is 12.7. The van der Waals surface area contributed by atoms with Crippen LogP contribution in [0.4, 0.5) is 24.7 Å².